The zero-order chi connectivity index (χ0) is 20.7. The lowest BCUT2D eigenvalue weighted by Gasteiger charge is -2.25. The summed E-state index contributed by atoms with van der Waals surface area (Å²) >= 11 is 0. The molecule has 0 aliphatic heterocycles. The summed E-state index contributed by atoms with van der Waals surface area (Å²) in [5.74, 6) is -0.309. The van der Waals surface area contributed by atoms with Gasteiger partial charge in [-0.15, -0.1) is 0 Å². The van der Waals surface area contributed by atoms with E-state index in [1.54, 1.807) is 36.4 Å². The van der Waals surface area contributed by atoms with Crippen LogP contribution in [-0.4, -0.2) is 26.9 Å². The minimum Gasteiger partial charge on any atom is -0.352 e. The Balaban J connectivity index is 2.37. The Bertz CT molecular complexity index is 875. The molecular weight excluding hydrogens is 372 g/mol. The molecule has 1 N–H and O–H groups in total. The van der Waals surface area contributed by atoms with E-state index in [-0.39, 0.29) is 23.4 Å². The molecule has 0 fully saturated rings. The third kappa shape index (κ3) is 5.58. The molecule has 2 aromatic rings. The number of sulfonamides is 1. The van der Waals surface area contributed by atoms with E-state index in [2.05, 4.69) is 5.32 Å². The van der Waals surface area contributed by atoms with Crippen LogP contribution in [-0.2, 0) is 21.2 Å². The van der Waals surface area contributed by atoms with Gasteiger partial charge in [-0.3, -0.25) is 9.10 Å². The van der Waals surface area contributed by atoms with Gasteiger partial charge in [0, 0.05) is 6.04 Å². The zero-order valence-electron chi connectivity index (χ0n) is 17.1. The summed E-state index contributed by atoms with van der Waals surface area (Å²) in [4.78, 5) is 12.7. The zero-order valence-corrected chi connectivity index (χ0v) is 17.9. The van der Waals surface area contributed by atoms with Crippen LogP contribution in [0.4, 0.5) is 5.69 Å². The Morgan fingerprint density at radius 2 is 1.64 bits per heavy atom. The highest BCUT2D eigenvalue weighted by Crippen LogP contribution is 2.24. The average Bonchev–Trinajstić information content (AvgIpc) is 2.66. The monoisotopic (exact) mass is 402 g/mol. The van der Waals surface area contributed by atoms with Crippen LogP contribution in [0, 0.1) is 6.92 Å². The molecule has 0 saturated carbocycles. The van der Waals surface area contributed by atoms with Crippen LogP contribution in [0.2, 0.25) is 0 Å². The summed E-state index contributed by atoms with van der Waals surface area (Å²) in [7, 11) is -3.86. The molecule has 0 unspecified atom stereocenters. The number of aryl methyl sites for hydroxylation is 2. The SMILES string of the molecule is CCC[C@@H](C)NC(=O)CN(c1ccc(CC)cc1)S(=O)(=O)c1ccc(C)cc1. The summed E-state index contributed by atoms with van der Waals surface area (Å²) in [5, 5.41) is 2.89. The molecule has 1 atom stereocenters. The van der Waals surface area contributed by atoms with Gasteiger partial charge in [-0.1, -0.05) is 50.1 Å². The van der Waals surface area contributed by atoms with E-state index in [0.29, 0.717) is 5.69 Å². The van der Waals surface area contributed by atoms with Gasteiger partial charge in [-0.05, 0) is 56.5 Å². The summed E-state index contributed by atoms with van der Waals surface area (Å²) in [6, 6.07) is 14.0. The third-order valence-electron chi connectivity index (χ3n) is 4.66. The lowest BCUT2D eigenvalue weighted by molar-refractivity contribution is -0.120. The summed E-state index contributed by atoms with van der Waals surface area (Å²) in [6.07, 6.45) is 2.66. The number of anilines is 1. The standard InChI is InChI=1S/C22H30N2O3S/c1-5-7-18(4)23-22(25)16-24(20-12-10-19(6-2)11-13-20)28(26,27)21-14-8-17(3)9-15-21/h8-15,18H,5-7,16H2,1-4H3,(H,23,25)/t18-/m1/s1. The second-order valence-electron chi connectivity index (χ2n) is 7.10. The Labute approximate surface area is 168 Å². The van der Waals surface area contributed by atoms with Crippen molar-refractivity contribution in [3.63, 3.8) is 0 Å². The minimum absolute atomic E-state index is 0.00361. The number of hydrogen-bond acceptors (Lipinski definition) is 3. The second-order valence-corrected chi connectivity index (χ2v) is 8.96. The van der Waals surface area contributed by atoms with Crippen LogP contribution in [0.5, 0.6) is 0 Å². The van der Waals surface area contributed by atoms with E-state index in [1.165, 1.54) is 4.31 Å². The number of nitrogens with zero attached hydrogens (tertiary/aromatic N) is 1. The first-order valence-electron chi connectivity index (χ1n) is 9.75. The van der Waals surface area contributed by atoms with E-state index in [4.69, 9.17) is 0 Å². The Morgan fingerprint density at radius 3 is 2.18 bits per heavy atom. The average molecular weight is 403 g/mol. The van der Waals surface area contributed by atoms with Gasteiger partial charge in [0.1, 0.15) is 6.54 Å². The molecule has 0 heterocycles. The molecule has 1 amide bonds. The van der Waals surface area contributed by atoms with E-state index in [0.717, 1.165) is 30.4 Å². The lowest BCUT2D eigenvalue weighted by Crippen LogP contribution is -2.43. The lowest BCUT2D eigenvalue weighted by atomic mass is 10.1. The number of hydrogen-bond donors (Lipinski definition) is 1. The molecule has 0 spiro atoms. The number of carbonyl (C=O) groups excluding carboxylic acids is 1. The molecule has 0 bridgehead atoms. The van der Waals surface area contributed by atoms with Crippen molar-refractivity contribution in [2.75, 3.05) is 10.8 Å². The van der Waals surface area contributed by atoms with Gasteiger partial charge >= 0.3 is 0 Å². The second kappa shape index (κ2) is 9.73. The largest absolute Gasteiger partial charge is 0.352 e. The number of rotatable bonds is 9. The highest BCUT2D eigenvalue weighted by molar-refractivity contribution is 7.92. The van der Waals surface area contributed by atoms with Crippen LogP contribution < -0.4 is 9.62 Å². The Hall–Kier alpha value is -2.34. The molecule has 6 heteroatoms. The van der Waals surface area contributed by atoms with Gasteiger partial charge in [0.05, 0.1) is 10.6 Å². The molecule has 2 rings (SSSR count). The molecule has 0 aromatic heterocycles. The maximum Gasteiger partial charge on any atom is 0.264 e. The molecule has 5 nitrogen and oxygen atoms in total. The predicted molar refractivity (Wildman–Crippen MR) is 114 cm³/mol. The molecule has 2 aromatic carbocycles. The predicted octanol–water partition coefficient (Wildman–Crippen LogP) is 4.06. The van der Waals surface area contributed by atoms with E-state index >= 15 is 0 Å². The molecule has 0 aliphatic carbocycles. The quantitative estimate of drug-likeness (QED) is 0.688. The van der Waals surface area contributed by atoms with Crippen molar-refractivity contribution in [3.05, 3.63) is 59.7 Å². The molecule has 0 radical (unpaired) electrons. The van der Waals surface area contributed by atoms with Crippen molar-refractivity contribution < 1.29 is 13.2 Å². The first-order chi connectivity index (χ1) is 13.3. The third-order valence-corrected chi connectivity index (χ3v) is 6.45. The Morgan fingerprint density at radius 1 is 1.04 bits per heavy atom. The first-order valence-corrected chi connectivity index (χ1v) is 11.2. The van der Waals surface area contributed by atoms with Crippen LogP contribution in [0.15, 0.2) is 53.4 Å². The number of amides is 1. The van der Waals surface area contributed by atoms with Crippen molar-refractivity contribution in [3.8, 4) is 0 Å². The van der Waals surface area contributed by atoms with E-state index < -0.39 is 10.0 Å². The van der Waals surface area contributed by atoms with Crippen LogP contribution in [0.1, 0.15) is 44.7 Å². The van der Waals surface area contributed by atoms with Gasteiger partial charge in [-0.25, -0.2) is 8.42 Å². The minimum atomic E-state index is -3.86. The van der Waals surface area contributed by atoms with Gasteiger partial charge in [0.25, 0.3) is 10.0 Å². The maximum atomic E-state index is 13.3. The fourth-order valence-corrected chi connectivity index (χ4v) is 4.43. The smallest absolute Gasteiger partial charge is 0.264 e. The Kier molecular flexibility index (Phi) is 7.63. The molecule has 0 saturated heterocycles. The van der Waals surface area contributed by atoms with E-state index in [9.17, 15) is 13.2 Å². The van der Waals surface area contributed by atoms with Gasteiger partial charge in [-0.2, -0.15) is 0 Å². The fraction of sp³-hybridized carbons (Fsp3) is 0.409. The van der Waals surface area contributed by atoms with Crippen molar-refractivity contribution in [1.29, 1.82) is 0 Å². The summed E-state index contributed by atoms with van der Waals surface area (Å²) < 4.78 is 27.8. The highest BCUT2D eigenvalue weighted by atomic mass is 32.2. The van der Waals surface area contributed by atoms with Crippen LogP contribution >= 0.6 is 0 Å². The van der Waals surface area contributed by atoms with Crippen molar-refractivity contribution >= 4 is 21.6 Å². The number of nitrogens with one attached hydrogen (secondary N) is 1. The summed E-state index contributed by atoms with van der Waals surface area (Å²) in [6.45, 7) is 7.66. The highest BCUT2D eigenvalue weighted by Gasteiger charge is 2.27. The van der Waals surface area contributed by atoms with Crippen molar-refractivity contribution in [2.24, 2.45) is 0 Å². The molecule has 28 heavy (non-hydrogen) atoms. The summed E-state index contributed by atoms with van der Waals surface area (Å²) in [5.41, 5.74) is 2.57. The van der Waals surface area contributed by atoms with Crippen molar-refractivity contribution in [2.45, 2.75) is 57.9 Å². The van der Waals surface area contributed by atoms with Gasteiger partial charge in [0.2, 0.25) is 5.91 Å². The van der Waals surface area contributed by atoms with Gasteiger partial charge < -0.3 is 5.32 Å². The van der Waals surface area contributed by atoms with Crippen LogP contribution in [0.3, 0.4) is 0 Å². The molecule has 0 aliphatic rings. The van der Waals surface area contributed by atoms with Crippen molar-refractivity contribution in [1.82, 2.24) is 5.32 Å². The number of carbonyl (C=O) groups is 1. The van der Waals surface area contributed by atoms with Crippen LogP contribution in [0.25, 0.3) is 0 Å². The molecular formula is C22H30N2O3S. The number of benzene rings is 2. The topological polar surface area (TPSA) is 66.5 Å². The van der Waals surface area contributed by atoms with Gasteiger partial charge in [0.15, 0.2) is 0 Å². The first kappa shape index (κ1) is 22.0. The fourth-order valence-electron chi connectivity index (χ4n) is 3.01. The maximum absolute atomic E-state index is 13.3. The van der Waals surface area contributed by atoms with E-state index in [1.807, 2.05) is 39.8 Å². The molecule has 152 valence electrons. The normalized spacial score (nSPS) is 12.4.